The van der Waals surface area contributed by atoms with Crippen LogP contribution in [-0.2, 0) is 24.8 Å². The summed E-state index contributed by atoms with van der Waals surface area (Å²) < 4.78 is 28.8. The van der Waals surface area contributed by atoms with E-state index in [0.29, 0.717) is 17.8 Å². The molecule has 0 aliphatic rings. The number of hydrogen-bond donors (Lipinski definition) is 1. The molecule has 1 N–H and O–H groups in total. The van der Waals surface area contributed by atoms with Crippen LogP contribution in [0, 0.1) is 18.6 Å². The van der Waals surface area contributed by atoms with E-state index in [1.807, 2.05) is 6.20 Å². The van der Waals surface area contributed by atoms with Gasteiger partial charge in [0, 0.05) is 49.2 Å². The third-order valence-corrected chi connectivity index (χ3v) is 4.67. The van der Waals surface area contributed by atoms with Gasteiger partial charge in [0.05, 0.1) is 12.6 Å². The highest BCUT2D eigenvalue weighted by molar-refractivity contribution is 5.98. The molecule has 156 valence electrons. The molecule has 6 nitrogen and oxygen atoms in total. The Labute approximate surface area is 173 Å². The molecule has 3 rings (SSSR count). The first-order chi connectivity index (χ1) is 14.2. The highest BCUT2D eigenvalue weighted by Crippen LogP contribution is 2.20. The lowest BCUT2D eigenvalue weighted by molar-refractivity contribution is -0.115. The topological polar surface area (TPSA) is 67.2 Å². The van der Waals surface area contributed by atoms with Gasteiger partial charge in [0.2, 0.25) is 5.91 Å². The monoisotopic (exact) mass is 412 g/mol. The normalized spacial score (nSPS) is 10.7. The van der Waals surface area contributed by atoms with E-state index >= 15 is 0 Å². The van der Waals surface area contributed by atoms with Crippen molar-refractivity contribution in [3.8, 4) is 0 Å². The Morgan fingerprint density at radius 3 is 2.67 bits per heavy atom. The minimum atomic E-state index is -1.04. The minimum Gasteiger partial charge on any atom is -0.337 e. The number of carbonyl (C=O) groups excluding carboxylic acids is 2. The van der Waals surface area contributed by atoms with Crippen molar-refractivity contribution in [2.75, 3.05) is 12.4 Å². The lowest BCUT2D eigenvalue weighted by atomic mass is 10.1. The fourth-order valence-corrected chi connectivity index (χ4v) is 3.06. The third kappa shape index (κ3) is 4.89. The van der Waals surface area contributed by atoms with Gasteiger partial charge in [-0.05, 0) is 30.7 Å². The zero-order valence-corrected chi connectivity index (χ0v) is 16.9. The van der Waals surface area contributed by atoms with Gasteiger partial charge in [-0.1, -0.05) is 18.2 Å². The van der Waals surface area contributed by atoms with Crippen LogP contribution >= 0.6 is 0 Å². The number of aromatic nitrogens is 2. The van der Waals surface area contributed by atoms with Crippen LogP contribution in [0.1, 0.15) is 27.0 Å². The molecule has 0 atom stereocenters. The predicted octanol–water partition coefficient (Wildman–Crippen LogP) is 3.46. The molecule has 0 aliphatic heterocycles. The van der Waals surface area contributed by atoms with Crippen molar-refractivity contribution in [1.29, 1.82) is 0 Å². The molecule has 8 heteroatoms. The number of amides is 2. The SMILES string of the molecule is Cc1ccc(C(=O)N(C)Cc2cnn(C)c2)cc1NC(=O)Cc1cccc(F)c1F. The molecule has 0 spiro atoms. The van der Waals surface area contributed by atoms with Crippen molar-refractivity contribution in [1.82, 2.24) is 14.7 Å². The van der Waals surface area contributed by atoms with E-state index in [2.05, 4.69) is 10.4 Å². The van der Waals surface area contributed by atoms with Gasteiger partial charge in [0.1, 0.15) is 0 Å². The van der Waals surface area contributed by atoms with Gasteiger partial charge in [0.15, 0.2) is 11.6 Å². The van der Waals surface area contributed by atoms with Crippen LogP contribution in [0.15, 0.2) is 48.8 Å². The second-order valence-corrected chi connectivity index (χ2v) is 7.15. The average molecular weight is 412 g/mol. The molecule has 2 aromatic carbocycles. The highest BCUT2D eigenvalue weighted by Gasteiger charge is 2.16. The second kappa shape index (κ2) is 8.86. The standard InChI is InChI=1S/C22H22F2N4O2/c1-14-7-8-17(22(30)27(2)12-15-11-25-28(3)13-15)9-19(14)26-20(29)10-16-5-4-6-18(23)21(16)24/h4-9,11,13H,10,12H2,1-3H3,(H,26,29). The number of hydrogen-bond acceptors (Lipinski definition) is 3. The third-order valence-electron chi connectivity index (χ3n) is 4.67. The zero-order chi connectivity index (χ0) is 21.8. The summed E-state index contributed by atoms with van der Waals surface area (Å²) in [6, 6.07) is 8.69. The van der Waals surface area contributed by atoms with E-state index in [0.717, 1.165) is 17.2 Å². The fraction of sp³-hybridized carbons (Fsp3) is 0.227. The Bertz CT molecular complexity index is 1090. The van der Waals surface area contributed by atoms with Gasteiger partial charge in [0.25, 0.3) is 5.91 Å². The lowest BCUT2D eigenvalue weighted by Gasteiger charge is -2.17. The smallest absolute Gasteiger partial charge is 0.253 e. The van der Waals surface area contributed by atoms with Crippen LogP contribution in [0.3, 0.4) is 0 Å². The molecule has 0 bridgehead atoms. The van der Waals surface area contributed by atoms with E-state index in [9.17, 15) is 18.4 Å². The molecule has 0 saturated heterocycles. The molecule has 1 aromatic heterocycles. The number of anilines is 1. The van der Waals surface area contributed by atoms with Gasteiger partial charge >= 0.3 is 0 Å². The summed E-state index contributed by atoms with van der Waals surface area (Å²) in [4.78, 5) is 26.7. The Hall–Kier alpha value is -3.55. The van der Waals surface area contributed by atoms with Crippen molar-refractivity contribution in [2.45, 2.75) is 19.9 Å². The molecular weight excluding hydrogens is 390 g/mol. The Morgan fingerprint density at radius 1 is 1.20 bits per heavy atom. The van der Waals surface area contributed by atoms with Gasteiger partial charge in [-0.15, -0.1) is 0 Å². The largest absolute Gasteiger partial charge is 0.337 e. The van der Waals surface area contributed by atoms with Crippen molar-refractivity contribution in [3.05, 3.63) is 82.7 Å². The number of nitrogens with zero attached hydrogens (tertiary/aromatic N) is 3. The van der Waals surface area contributed by atoms with Crippen molar-refractivity contribution in [2.24, 2.45) is 7.05 Å². The Balaban J connectivity index is 1.71. The van der Waals surface area contributed by atoms with Gasteiger partial charge in [-0.25, -0.2) is 8.78 Å². The molecule has 2 amide bonds. The van der Waals surface area contributed by atoms with Crippen molar-refractivity contribution in [3.63, 3.8) is 0 Å². The van der Waals surface area contributed by atoms with Crippen LogP contribution in [0.2, 0.25) is 0 Å². The van der Waals surface area contributed by atoms with E-state index in [1.54, 1.807) is 55.0 Å². The summed E-state index contributed by atoms with van der Waals surface area (Å²) in [5.74, 6) is -2.76. The van der Waals surface area contributed by atoms with E-state index in [-0.39, 0.29) is 17.9 Å². The van der Waals surface area contributed by atoms with Gasteiger partial charge < -0.3 is 10.2 Å². The molecule has 0 radical (unpaired) electrons. The van der Waals surface area contributed by atoms with E-state index < -0.39 is 17.5 Å². The number of rotatable bonds is 6. The summed E-state index contributed by atoms with van der Waals surface area (Å²) in [5, 5.41) is 6.77. The van der Waals surface area contributed by atoms with Gasteiger partial charge in [-0.2, -0.15) is 5.10 Å². The first-order valence-corrected chi connectivity index (χ1v) is 9.31. The first kappa shape index (κ1) is 21.2. The molecule has 30 heavy (non-hydrogen) atoms. The number of aryl methyl sites for hydroxylation is 2. The number of nitrogens with one attached hydrogen (secondary N) is 1. The molecule has 0 saturated carbocycles. The molecule has 3 aromatic rings. The summed E-state index contributed by atoms with van der Waals surface area (Å²) in [5.41, 5.74) is 2.45. The maximum Gasteiger partial charge on any atom is 0.253 e. The molecule has 0 unspecified atom stereocenters. The number of halogens is 2. The van der Waals surface area contributed by atoms with E-state index in [4.69, 9.17) is 0 Å². The summed E-state index contributed by atoms with van der Waals surface area (Å²) in [6.45, 7) is 2.17. The first-order valence-electron chi connectivity index (χ1n) is 9.31. The Kier molecular flexibility index (Phi) is 6.25. The molecular formula is C22H22F2N4O2. The van der Waals surface area contributed by atoms with Crippen molar-refractivity contribution < 1.29 is 18.4 Å². The van der Waals surface area contributed by atoms with Crippen LogP contribution in [0.25, 0.3) is 0 Å². The lowest BCUT2D eigenvalue weighted by Crippen LogP contribution is -2.26. The summed E-state index contributed by atoms with van der Waals surface area (Å²) in [7, 11) is 3.48. The summed E-state index contributed by atoms with van der Waals surface area (Å²) >= 11 is 0. The highest BCUT2D eigenvalue weighted by atomic mass is 19.2. The Morgan fingerprint density at radius 2 is 1.97 bits per heavy atom. The second-order valence-electron chi connectivity index (χ2n) is 7.15. The minimum absolute atomic E-state index is 0.0337. The van der Waals surface area contributed by atoms with Crippen molar-refractivity contribution >= 4 is 17.5 Å². The number of benzene rings is 2. The summed E-state index contributed by atoms with van der Waals surface area (Å²) in [6.07, 6.45) is 3.20. The molecule has 0 fully saturated rings. The maximum absolute atomic E-state index is 13.8. The maximum atomic E-state index is 13.8. The van der Waals surface area contributed by atoms with Crippen LogP contribution in [-0.4, -0.2) is 33.5 Å². The quantitative estimate of drug-likeness (QED) is 0.674. The van der Waals surface area contributed by atoms with Crippen LogP contribution < -0.4 is 5.32 Å². The predicted molar refractivity (Wildman–Crippen MR) is 109 cm³/mol. The van der Waals surface area contributed by atoms with Crippen LogP contribution in [0.5, 0.6) is 0 Å². The van der Waals surface area contributed by atoms with Crippen LogP contribution in [0.4, 0.5) is 14.5 Å². The molecule has 1 heterocycles. The average Bonchev–Trinajstić information content (AvgIpc) is 3.11. The van der Waals surface area contributed by atoms with E-state index in [1.165, 1.54) is 12.1 Å². The van der Waals surface area contributed by atoms with Gasteiger partial charge in [-0.3, -0.25) is 14.3 Å². The molecule has 0 aliphatic carbocycles. The fourth-order valence-electron chi connectivity index (χ4n) is 3.06. The zero-order valence-electron chi connectivity index (χ0n) is 16.9. The number of carbonyl (C=O) groups is 2.